The number of carbonyl (C=O) groups excluding carboxylic acids is 2. The first-order valence-electron chi connectivity index (χ1n) is 9.74. The normalized spacial score (nSPS) is 17.8. The number of hydrogen-bond donors (Lipinski definition) is 0. The summed E-state index contributed by atoms with van der Waals surface area (Å²) in [6.07, 6.45) is 1.52. The van der Waals surface area contributed by atoms with Crippen molar-refractivity contribution in [2.45, 2.75) is 45.3 Å². The Hall–Kier alpha value is -2.60. The summed E-state index contributed by atoms with van der Waals surface area (Å²) in [5, 5.41) is 0.519. The number of likely N-dealkylation sites (tertiary alicyclic amines) is 1. The maximum atomic E-state index is 12.8. The van der Waals surface area contributed by atoms with Crippen LogP contribution in [0.1, 0.15) is 41.0 Å². The number of nitrogens with zero attached hydrogens (tertiary/aromatic N) is 2. The van der Waals surface area contributed by atoms with E-state index in [-0.39, 0.29) is 23.7 Å². The summed E-state index contributed by atoms with van der Waals surface area (Å²) in [6.45, 7) is 4.93. The zero-order valence-corrected chi connectivity index (χ0v) is 17.3. The predicted octanol–water partition coefficient (Wildman–Crippen LogP) is 3.15. The largest absolute Gasteiger partial charge is 0.486 e. The molecule has 2 aromatic rings. The number of aromatic nitrogens is 1. The molecule has 29 heavy (non-hydrogen) atoms. The van der Waals surface area contributed by atoms with E-state index in [1.165, 1.54) is 12.1 Å². The summed E-state index contributed by atoms with van der Waals surface area (Å²) in [5.74, 6) is 0.613. The molecule has 1 aromatic carbocycles. The van der Waals surface area contributed by atoms with Crippen molar-refractivity contribution in [1.29, 1.82) is 0 Å². The highest BCUT2D eigenvalue weighted by Gasteiger charge is 2.43. The molecule has 3 heterocycles. The first kappa shape index (κ1) is 19.7. The van der Waals surface area contributed by atoms with Crippen molar-refractivity contribution in [3.8, 4) is 5.75 Å². The maximum absolute atomic E-state index is 12.8. The number of hydrogen-bond acceptors (Lipinski definition) is 4. The van der Waals surface area contributed by atoms with Crippen LogP contribution in [0.4, 0.5) is 0 Å². The maximum Gasteiger partial charge on any atom is 0.242 e. The molecule has 0 bridgehead atoms. The number of fused-ring (bicyclic) bond motifs is 1. The second-order valence-electron chi connectivity index (χ2n) is 7.97. The standard InChI is InChI=1S/C22H23ClN2O4/c1-14-9-17(26)10-15(2)25(14)13-21(28)24-7-5-22(6-8-24)12-19(27)18-11-16(23)3-4-20(18)29-22/h3-4,9-11H,5-8,12-13H2,1-2H3. The molecule has 0 N–H and O–H groups in total. The molecule has 1 amide bonds. The molecule has 6 nitrogen and oxygen atoms in total. The number of aryl methyl sites for hydroxylation is 2. The summed E-state index contributed by atoms with van der Waals surface area (Å²) >= 11 is 6.00. The Balaban J connectivity index is 1.45. The monoisotopic (exact) mass is 414 g/mol. The minimum atomic E-state index is -0.558. The van der Waals surface area contributed by atoms with Crippen molar-refractivity contribution in [1.82, 2.24) is 9.47 Å². The van der Waals surface area contributed by atoms with Crippen LogP contribution in [0, 0.1) is 13.8 Å². The number of piperidine rings is 1. The second-order valence-corrected chi connectivity index (χ2v) is 8.40. The summed E-state index contributed by atoms with van der Waals surface area (Å²) in [4.78, 5) is 38.9. The predicted molar refractivity (Wildman–Crippen MR) is 110 cm³/mol. The fourth-order valence-electron chi connectivity index (χ4n) is 4.28. The topological polar surface area (TPSA) is 68.6 Å². The average Bonchev–Trinajstić information content (AvgIpc) is 2.66. The van der Waals surface area contributed by atoms with Crippen molar-refractivity contribution >= 4 is 23.3 Å². The molecule has 2 aliphatic rings. The van der Waals surface area contributed by atoms with Crippen LogP contribution in [0.25, 0.3) is 0 Å². The van der Waals surface area contributed by atoms with Crippen LogP contribution in [0.5, 0.6) is 5.75 Å². The van der Waals surface area contributed by atoms with Crippen LogP contribution in [-0.2, 0) is 11.3 Å². The van der Waals surface area contributed by atoms with Gasteiger partial charge in [0.25, 0.3) is 0 Å². The lowest BCUT2D eigenvalue weighted by Gasteiger charge is -2.44. The summed E-state index contributed by atoms with van der Waals surface area (Å²) < 4.78 is 8.08. The van der Waals surface area contributed by atoms with E-state index in [4.69, 9.17) is 16.3 Å². The van der Waals surface area contributed by atoms with Crippen LogP contribution in [0.2, 0.25) is 5.02 Å². The van der Waals surface area contributed by atoms with E-state index < -0.39 is 5.60 Å². The lowest BCUT2D eigenvalue weighted by molar-refractivity contribution is -0.135. The van der Waals surface area contributed by atoms with Crippen molar-refractivity contribution in [2.24, 2.45) is 0 Å². The van der Waals surface area contributed by atoms with Gasteiger partial charge in [-0.1, -0.05) is 11.6 Å². The van der Waals surface area contributed by atoms with Gasteiger partial charge < -0.3 is 14.2 Å². The third kappa shape index (κ3) is 3.81. The minimum absolute atomic E-state index is 0.00372. The van der Waals surface area contributed by atoms with E-state index in [2.05, 4.69) is 0 Å². The smallest absolute Gasteiger partial charge is 0.242 e. The molecule has 152 valence electrons. The van der Waals surface area contributed by atoms with Gasteiger partial charge >= 0.3 is 0 Å². The van der Waals surface area contributed by atoms with E-state index in [1.54, 1.807) is 18.2 Å². The third-order valence-electron chi connectivity index (χ3n) is 5.93. The van der Waals surface area contributed by atoms with Gasteiger partial charge in [-0.05, 0) is 32.0 Å². The van der Waals surface area contributed by atoms with Crippen molar-refractivity contribution in [3.05, 3.63) is 62.5 Å². The highest BCUT2D eigenvalue weighted by molar-refractivity contribution is 6.31. The lowest BCUT2D eigenvalue weighted by Crippen LogP contribution is -2.52. The van der Waals surface area contributed by atoms with E-state index in [0.29, 0.717) is 48.7 Å². The van der Waals surface area contributed by atoms with Crippen LogP contribution in [0.3, 0.4) is 0 Å². The minimum Gasteiger partial charge on any atom is -0.486 e. The van der Waals surface area contributed by atoms with Gasteiger partial charge in [0, 0.05) is 54.5 Å². The SMILES string of the molecule is Cc1cc(=O)cc(C)n1CC(=O)N1CCC2(CC1)CC(=O)c1cc(Cl)ccc1O2. The van der Waals surface area contributed by atoms with Crippen LogP contribution in [0.15, 0.2) is 35.1 Å². The van der Waals surface area contributed by atoms with E-state index >= 15 is 0 Å². The van der Waals surface area contributed by atoms with Crippen molar-refractivity contribution < 1.29 is 14.3 Å². The number of carbonyl (C=O) groups is 2. The van der Waals surface area contributed by atoms with E-state index in [0.717, 1.165) is 11.4 Å². The number of ketones is 1. The Bertz CT molecular complexity index is 1030. The average molecular weight is 415 g/mol. The van der Waals surface area contributed by atoms with E-state index in [9.17, 15) is 14.4 Å². The molecule has 0 radical (unpaired) electrons. The van der Waals surface area contributed by atoms with Gasteiger partial charge in [0.05, 0.1) is 12.0 Å². The molecule has 0 atom stereocenters. The quantitative estimate of drug-likeness (QED) is 0.757. The molecular formula is C22H23ClN2O4. The summed E-state index contributed by atoms with van der Waals surface area (Å²) in [7, 11) is 0. The lowest BCUT2D eigenvalue weighted by atomic mass is 9.82. The van der Waals surface area contributed by atoms with Crippen molar-refractivity contribution in [3.63, 3.8) is 0 Å². The summed E-state index contributed by atoms with van der Waals surface area (Å²) in [6, 6.07) is 8.20. The first-order valence-corrected chi connectivity index (χ1v) is 10.1. The molecule has 0 saturated carbocycles. The number of Topliss-reactive ketones (excluding diaryl/α,β-unsaturated/α-hetero) is 1. The number of ether oxygens (including phenoxy) is 1. The Morgan fingerprint density at radius 2 is 1.76 bits per heavy atom. The number of amides is 1. The Labute approximate surface area is 174 Å². The molecule has 1 saturated heterocycles. The van der Waals surface area contributed by atoms with Gasteiger partial charge in [-0.2, -0.15) is 0 Å². The molecule has 0 unspecified atom stereocenters. The molecule has 7 heteroatoms. The summed E-state index contributed by atoms with van der Waals surface area (Å²) in [5.41, 5.74) is 1.47. The van der Waals surface area contributed by atoms with Crippen molar-refractivity contribution in [2.75, 3.05) is 13.1 Å². The number of pyridine rings is 1. The molecule has 4 rings (SSSR count). The molecule has 0 aliphatic carbocycles. The Kier molecular flexibility index (Phi) is 4.99. The zero-order chi connectivity index (χ0) is 20.8. The molecular weight excluding hydrogens is 392 g/mol. The molecule has 1 spiro atoms. The van der Waals surface area contributed by atoms with Crippen LogP contribution in [-0.4, -0.2) is 39.8 Å². The molecule has 1 aromatic heterocycles. The van der Waals surface area contributed by atoms with Crippen LogP contribution >= 0.6 is 11.6 Å². The van der Waals surface area contributed by atoms with Gasteiger partial charge in [0.15, 0.2) is 11.2 Å². The number of rotatable bonds is 2. The number of benzene rings is 1. The van der Waals surface area contributed by atoms with Crippen LogP contribution < -0.4 is 10.2 Å². The highest BCUT2D eigenvalue weighted by atomic mass is 35.5. The van der Waals surface area contributed by atoms with E-state index in [1.807, 2.05) is 23.3 Å². The molecule has 2 aliphatic heterocycles. The highest BCUT2D eigenvalue weighted by Crippen LogP contribution is 2.40. The van der Waals surface area contributed by atoms with Gasteiger partial charge in [-0.25, -0.2) is 0 Å². The third-order valence-corrected chi connectivity index (χ3v) is 6.16. The number of halogens is 1. The second kappa shape index (κ2) is 7.34. The van der Waals surface area contributed by atoms with Gasteiger partial charge in [-0.3, -0.25) is 14.4 Å². The zero-order valence-electron chi connectivity index (χ0n) is 16.5. The van der Waals surface area contributed by atoms with Gasteiger partial charge in [0.2, 0.25) is 5.91 Å². The fraction of sp³-hybridized carbons (Fsp3) is 0.409. The first-order chi connectivity index (χ1) is 13.8. The van der Waals surface area contributed by atoms with Gasteiger partial charge in [-0.15, -0.1) is 0 Å². The molecule has 1 fully saturated rings. The Morgan fingerprint density at radius 1 is 1.10 bits per heavy atom. The Morgan fingerprint density at radius 3 is 2.41 bits per heavy atom. The van der Waals surface area contributed by atoms with Gasteiger partial charge in [0.1, 0.15) is 17.9 Å². The fourth-order valence-corrected chi connectivity index (χ4v) is 4.45.